The number of halogens is 2. The van der Waals surface area contributed by atoms with Gasteiger partial charge in [-0.3, -0.25) is 0 Å². The Morgan fingerprint density at radius 2 is 2.00 bits per heavy atom. The highest BCUT2D eigenvalue weighted by Crippen LogP contribution is 2.28. The number of thiocarbonyl (C=S) groups is 1. The topological polar surface area (TPSA) is 42.5 Å². The van der Waals surface area contributed by atoms with Gasteiger partial charge in [-0.1, -0.05) is 22.0 Å². The van der Waals surface area contributed by atoms with E-state index in [4.69, 9.17) is 21.7 Å². The highest BCUT2D eigenvalue weighted by Gasteiger charge is 2.07. The molecular weight excluding hydrogens is 395 g/mol. The minimum absolute atomic E-state index is 0.320. The molecule has 0 heterocycles. The lowest BCUT2D eigenvalue weighted by Gasteiger charge is -2.13. The Hall–Kier alpha value is -1.86. The smallest absolute Gasteiger partial charge is 0.171 e. The Bertz CT molecular complexity index is 728. The summed E-state index contributed by atoms with van der Waals surface area (Å²) in [6.07, 6.45) is 0. The Labute approximate surface area is 154 Å². The second-order valence-corrected chi connectivity index (χ2v) is 6.17. The summed E-state index contributed by atoms with van der Waals surface area (Å²) in [6.45, 7) is 2.94. The zero-order valence-electron chi connectivity index (χ0n) is 13.4. The average Bonchev–Trinajstić information content (AvgIpc) is 2.56. The number of methoxy groups -OCH3 is 1. The maximum atomic E-state index is 13.8. The lowest BCUT2D eigenvalue weighted by Crippen LogP contribution is -2.28. The maximum absolute atomic E-state index is 13.8. The van der Waals surface area contributed by atoms with Crippen LogP contribution in [0.25, 0.3) is 0 Å². The van der Waals surface area contributed by atoms with Gasteiger partial charge >= 0.3 is 0 Å². The van der Waals surface area contributed by atoms with Crippen molar-refractivity contribution in [2.45, 2.75) is 13.5 Å². The molecule has 0 spiro atoms. The monoisotopic (exact) mass is 412 g/mol. The van der Waals surface area contributed by atoms with Gasteiger partial charge in [0.2, 0.25) is 0 Å². The van der Waals surface area contributed by atoms with Crippen molar-refractivity contribution in [2.24, 2.45) is 0 Å². The van der Waals surface area contributed by atoms with Crippen LogP contribution in [0.1, 0.15) is 12.5 Å². The molecule has 0 aliphatic heterocycles. The van der Waals surface area contributed by atoms with E-state index in [1.807, 2.05) is 25.1 Å². The van der Waals surface area contributed by atoms with Crippen LogP contribution in [0.4, 0.5) is 10.1 Å². The van der Waals surface area contributed by atoms with Gasteiger partial charge in [-0.05, 0) is 55.0 Å². The highest BCUT2D eigenvalue weighted by molar-refractivity contribution is 9.10. The fourth-order valence-electron chi connectivity index (χ4n) is 2.04. The first-order valence-corrected chi connectivity index (χ1v) is 8.53. The number of ether oxygens (including phenoxy) is 2. The molecule has 0 fully saturated rings. The molecule has 0 amide bonds. The summed E-state index contributed by atoms with van der Waals surface area (Å²) < 4.78 is 25.3. The largest absolute Gasteiger partial charge is 0.493 e. The maximum Gasteiger partial charge on any atom is 0.171 e. The van der Waals surface area contributed by atoms with E-state index >= 15 is 0 Å². The van der Waals surface area contributed by atoms with Gasteiger partial charge in [0.25, 0.3) is 0 Å². The van der Waals surface area contributed by atoms with Crippen LogP contribution in [0.15, 0.2) is 40.9 Å². The van der Waals surface area contributed by atoms with Crippen LogP contribution in [0.5, 0.6) is 11.5 Å². The number of hydrogen-bond donors (Lipinski definition) is 2. The second-order valence-electron chi connectivity index (χ2n) is 4.85. The van der Waals surface area contributed by atoms with E-state index in [2.05, 4.69) is 26.6 Å². The molecule has 24 heavy (non-hydrogen) atoms. The van der Waals surface area contributed by atoms with Crippen LogP contribution in [-0.2, 0) is 6.54 Å². The second kappa shape index (κ2) is 8.84. The molecule has 0 saturated carbocycles. The molecule has 128 valence electrons. The predicted molar refractivity (Wildman–Crippen MR) is 101 cm³/mol. The van der Waals surface area contributed by atoms with Crippen molar-refractivity contribution >= 4 is 38.9 Å². The molecule has 0 saturated heterocycles. The average molecular weight is 413 g/mol. The normalized spacial score (nSPS) is 10.2. The van der Waals surface area contributed by atoms with E-state index in [0.717, 1.165) is 5.56 Å². The van der Waals surface area contributed by atoms with Crippen molar-refractivity contribution in [1.82, 2.24) is 5.32 Å². The first-order chi connectivity index (χ1) is 11.5. The first-order valence-electron chi connectivity index (χ1n) is 7.33. The third-order valence-electron chi connectivity index (χ3n) is 3.16. The molecule has 0 unspecified atom stereocenters. The molecular formula is C17H18BrFN2O2S. The Morgan fingerprint density at radius 1 is 1.21 bits per heavy atom. The zero-order valence-corrected chi connectivity index (χ0v) is 15.8. The SMILES string of the molecule is CCOc1cc(CNC(=S)Nc2ccc(Br)cc2F)ccc1OC. The van der Waals surface area contributed by atoms with Crippen molar-refractivity contribution in [3.05, 3.63) is 52.3 Å². The Kier molecular flexibility index (Phi) is 6.81. The van der Waals surface area contributed by atoms with Crippen LogP contribution in [-0.4, -0.2) is 18.8 Å². The highest BCUT2D eigenvalue weighted by atomic mass is 79.9. The lowest BCUT2D eigenvalue weighted by atomic mass is 10.2. The summed E-state index contributed by atoms with van der Waals surface area (Å²) in [4.78, 5) is 0. The van der Waals surface area contributed by atoms with Crippen molar-refractivity contribution in [3.8, 4) is 11.5 Å². The zero-order chi connectivity index (χ0) is 17.5. The van der Waals surface area contributed by atoms with Crippen molar-refractivity contribution in [3.63, 3.8) is 0 Å². The van der Waals surface area contributed by atoms with E-state index in [1.165, 1.54) is 6.07 Å². The molecule has 0 aromatic heterocycles. The Balaban J connectivity index is 1.97. The quantitative estimate of drug-likeness (QED) is 0.684. The third-order valence-corrected chi connectivity index (χ3v) is 3.90. The number of anilines is 1. The minimum Gasteiger partial charge on any atom is -0.493 e. The van der Waals surface area contributed by atoms with Gasteiger partial charge in [-0.2, -0.15) is 0 Å². The first kappa shape index (κ1) is 18.5. The number of benzene rings is 2. The molecule has 2 aromatic carbocycles. The van der Waals surface area contributed by atoms with Crippen LogP contribution in [0.2, 0.25) is 0 Å². The summed E-state index contributed by atoms with van der Waals surface area (Å²) in [6, 6.07) is 10.4. The van der Waals surface area contributed by atoms with Crippen molar-refractivity contribution in [2.75, 3.05) is 19.0 Å². The lowest BCUT2D eigenvalue weighted by molar-refractivity contribution is 0.310. The van der Waals surface area contributed by atoms with Gasteiger partial charge in [0.05, 0.1) is 19.4 Å². The molecule has 7 heteroatoms. The van der Waals surface area contributed by atoms with Crippen LogP contribution in [0, 0.1) is 5.82 Å². The summed E-state index contributed by atoms with van der Waals surface area (Å²) in [5.41, 5.74) is 1.29. The van der Waals surface area contributed by atoms with E-state index in [0.29, 0.717) is 39.9 Å². The molecule has 2 rings (SSSR count). The van der Waals surface area contributed by atoms with Gasteiger partial charge in [0, 0.05) is 11.0 Å². The van der Waals surface area contributed by atoms with Crippen LogP contribution in [0.3, 0.4) is 0 Å². The van der Waals surface area contributed by atoms with E-state index in [-0.39, 0.29) is 5.82 Å². The van der Waals surface area contributed by atoms with E-state index in [9.17, 15) is 4.39 Å². The van der Waals surface area contributed by atoms with Crippen molar-refractivity contribution < 1.29 is 13.9 Å². The van der Waals surface area contributed by atoms with Crippen LogP contribution >= 0.6 is 28.1 Å². The summed E-state index contributed by atoms with van der Waals surface area (Å²) >= 11 is 8.42. The minimum atomic E-state index is -0.378. The van der Waals surface area contributed by atoms with Crippen molar-refractivity contribution in [1.29, 1.82) is 0 Å². The third kappa shape index (κ3) is 5.07. The molecule has 2 N–H and O–H groups in total. The van der Waals surface area contributed by atoms with E-state index in [1.54, 1.807) is 19.2 Å². The van der Waals surface area contributed by atoms with Crippen LogP contribution < -0.4 is 20.1 Å². The standard InChI is InChI=1S/C17H18BrFN2O2S/c1-3-23-16-8-11(4-7-15(16)22-2)10-20-17(24)21-14-6-5-12(18)9-13(14)19/h4-9H,3,10H2,1-2H3,(H2,20,21,24). The van der Waals surface area contributed by atoms with Gasteiger partial charge in [-0.15, -0.1) is 0 Å². The van der Waals surface area contributed by atoms with Gasteiger partial charge < -0.3 is 20.1 Å². The fraction of sp³-hybridized carbons (Fsp3) is 0.235. The summed E-state index contributed by atoms with van der Waals surface area (Å²) in [5, 5.41) is 6.22. The Morgan fingerprint density at radius 3 is 2.67 bits per heavy atom. The molecule has 0 atom stereocenters. The summed E-state index contributed by atoms with van der Waals surface area (Å²) in [5.74, 6) is 0.979. The summed E-state index contributed by atoms with van der Waals surface area (Å²) in [7, 11) is 1.60. The van der Waals surface area contributed by atoms with Gasteiger partial charge in [-0.25, -0.2) is 4.39 Å². The molecule has 0 bridgehead atoms. The molecule has 0 radical (unpaired) electrons. The number of hydrogen-bond acceptors (Lipinski definition) is 3. The fourth-order valence-corrected chi connectivity index (χ4v) is 2.55. The van der Waals surface area contributed by atoms with Gasteiger partial charge in [0.1, 0.15) is 5.82 Å². The predicted octanol–water partition coefficient (Wildman–Crippen LogP) is 4.48. The van der Waals surface area contributed by atoms with E-state index < -0.39 is 0 Å². The van der Waals surface area contributed by atoms with Gasteiger partial charge in [0.15, 0.2) is 16.6 Å². The number of rotatable bonds is 6. The molecule has 2 aromatic rings. The molecule has 0 aliphatic carbocycles. The molecule has 0 aliphatic rings. The molecule has 4 nitrogen and oxygen atoms in total. The number of nitrogens with one attached hydrogen (secondary N) is 2.